The molecule has 0 aliphatic heterocycles. The summed E-state index contributed by atoms with van der Waals surface area (Å²) in [7, 11) is -6.62. The van der Waals surface area contributed by atoms with E-state index in [0.29, 0.717) is 33.3 Å². The van der Waals surface area contributed by atoms with Crippen LogP contribution in [0.25, 0.3) is 45.2 Å². The minimum atomic E-state index is -3.32. The van der Waals surface area contributed by atoms with Crippen molar-refractivity contribution < 1.29 is 156 Å². The van der Waals surface area contributed by atoms with Gasteiger partial charge >= 0.3 is 109 Å². The van der Waals surface area contributed by atoms with E-state index in [2.05, 4.69) is 39.0 Å². The number of carboxylic acid groups (broad SMARTS) is 1. The number of hydrogen-bond acceptors (Lipinski definition) is 15. The molecule has 4 N–H and O–H groups in total. The first kappa shape index (κ1) is 69.3. The Morgan fingerprint density at radius 3 is 1.44 bits per heavy atom. The maximum absolute atomic E-state index is 12.0. The number of halogens is 2. The SMILES string of the molecule is C/C(N)=N/O.CC(C)(c1ccccc1Cl)c1nc(C(=O)O)cn1-c1ccc(-c2cccc(S(C)(=O)=O)c2)cc1.Cc1noc(-c2cn(-c3ccc(-c4cccc(S(C)(=O)=O)c4)cc3)c(C(C)(C)c3ccccc3Cl)n2)n1.O=CO[O-].[H-].[K+].[K+]. The molecule has 418 valence electrons. The number of hydrogen-bond donors (Lipinski definition) is 3. The smallest absolute Gasteiger partial charge is 1.00 e. The number of nitrogens with two attached hydrogens (primary N) is 1. The van der Waals surface area contributed by atoms with Gasteiger partial charge in [0.25, 0.3) is 12.4 Å². The average molecular weight is 1240 g/mol. The molecule has 19 nitrogen and oxygen atoms in total. The molecule has 0 radical (unpaired) electrons. The number of carbonyl (C=O) groups excluding carboxylic acids is 1. The fraction of sp³-hybridized carbons (Fsp3) is 0.175. The number of imidazole rings is 2. The Balaban J connectivity index is 0.000000369. The number of amidine groups is 1. The molecule has 9 aromatic rings. The second-order valence-corrected chi connectivity index (χ2v) is 23.8. The number of benzene rings is 6. The number of oxime groups is 1. The van der Waals surface area contributed by atoms with Crippen molar-refractivity contribution in [3.8, 4) is 45.2 Å². The summed E-state index contributed by atoms with van der Waals surface area (Å²) in [4.78, 5) is 37.2. The van der Waals surface area contributed by atoms with Gasteiger partial charge in [-0.25, -0.2) is 31.6 Å². The minimum Gasteiger partial charge on any atom is -1.00 e. The molecule has 6 aromatic carbocycles. The van der Waals surface area contributed by atoms with Crippen LogP contribution in [0.15, 0.2) is 177 Å². The average Bonchev–Trinajstić information content (AvgIpc) is 4.36. The van der Waals surface area contributed by atoms with Gasteiger partial charge in [0.2, 0.25) is 0 Å². The summed E-state index contributed by atoms with van der Waals surface area (Å²) in [6.45, 7) is 11.1. The Morgan fingerprint density at radius 1 is 0.683 bits per heavy atom. The van der Waals surface area contributed by atoms with E-state index in [0.717, 1.165) is 50.6 Å². The third-order valence-corrected chi connectivity index (χ3v) is 15.1. The molecule has 25 heteroatoms. The number of sulfone groups is 2. The molecule has 3 aromatic heterocycles. The summed E-state index contributed by atoms with van der Waals surface area (Å²) in [6, 6.07) is 44.1. The van der Waals surface area contributed by atoms with Crippen molar-refractivity contribution in [1.29, 1.82) is 0 Å². The van der Waals surface area contributed by atoms with E-state index >= 15 is 0 Å². The van der Waals surface area contributed by atoms with Crippen molar-refractivity contribution in [2.45, 2.75) is 62.2 Å². The van der Waals surface area contributed by atoms with Gasteiger partial charge in [0, 0.05) is 57.2 Å². The van der Waals surface area contributed by atoms with Crippen molar-refractivity contribution in [2.75, 3.05) is 12.5 Å². The van der Waals surface area contributed by atoms with Gasteiger partial charge < -0.3 is 41.3 Å². The predicted octanol–water partition coefficient (Wildman–Crippen LogP) is 4.21. The van der Waals surface area contributed by atoms with Crippen LogP contribution in [-0.2, 0) is 40.2 Å². The molecule has 0 amide bonds. The van der Waals surface area contributed by atoms with Crippen LogP contribution in [-0.4, -0.2) is 87.2 Å². The van der Waals surface area contributed by atoms with E-state index in [4.69, 9.17) is 53.7 Å². The molecular weight excluding hydrogens is 1190 g/mol. The van der Waals surface area contributed by atoms with Crippen LogP contribution in [0.4, 0.5) is 0 Å². The zero-order valence-corrected chi connectivity index (χ0v) is 55.8. The van der Waals surface area contributed by atoms with E-state index in [1.807, 2.05) is 128 Å². The van der Waals surface area contributed by atoms with Crippen LogP contribution in [0.2, 0.25) is 10.0 Å². The fourth-order valence-corrected chi connectivity index (χ4v) is 10.3. The molecule has 0 unspecified atom stereocenters. The first-order valence-electron chi connectivity index (χ1n) is 23.9. The third kappa shape index (κ3) is 17.5. The molecule has 0 bridgehead atoms. The number of rotatable bonds is 13. The first-order chi connectivity index (χ1) is 37.7. The summed E-state index contributed by atoms with van der Waals surface area (Å²) in [6.07, 6.45) is 5.76. The number of aromatic nitrogens is 6. The topological polar surface area (TPSA) is 288 Å². The monoisotopic (exact) mass is 1240 g/mol. The number of nitrogens with zero attached hydrogens (tertiary/aromatic N) is 7. The second kappa shape index (κ2) is 30.1. The van der Waals surface area contributed by atoms with Gasteiger partial charge in [-0.05, 0) is 136 Å². The molecule has 0 saturated heterocycles. The van der Waals surface area contributed by atoms with Gasteiger partial charge in [-0.3, -0.25) is 4.79 Å². The fourth-order valence-electron chi connectivity index (χ4n) is 8.26. The van der Waals surface area contributed by atoms with Crippen LogP contribution in [0.1, 0.15) is 75.1 Å². The maximum atomic E-state index is 12.0. The van der Waals surface area contributed by atoms with Crippen LogP contribution in [0, 0.1) is 6.92 Å². The number of aromatic carboxylic acids is 1. The molecular formula is C57H56Cl2K2N8O11S2. The van der Waals surface area contributed by atoms with Gasteiger partial charge in [0.15, 0.2) is 31.2 Å². The van der Waals surface area contributed by atoms with Crippen LogP contribution in [0.5, 0.6) is 0 Å². The van der Waals surface area contributed by atoms with Gasteiger partial charge in [-0.15, -0.1) is 0 Å². The Bertz CT molecular complexity index is 3930. The third-order valence-electron chi connectivity index (χ3n) is 12.3. The second-order valence-electron chi connectivity index (χ2n) is 18.9. The van der Waals surface area contributed by atoms with Gasteiger partial charge in [-0.2, -0.15) is 4.98 Å². The van der Waals surface area contributed by atoms with Crippen LogP contribution in [0.3, 0.4) is 0 Å². The first-order valence-corrected chi connectivity index (χ1v) is 28.5. The number of carboxylic acids is 1. The summed E-state index contributed by atoms with van der Waals surface area (Å²) in [5, 5.41) is 33.3. The van der Waals surface area contributed by atoms with E-state index in [1.54, 1.807) is 54.0 Å². The molecule has 9 rings (SSSR count). The maximum Gasteiger partial charge on any atom is 1.00 e. The Kier molecular flexibility index (Phi) is 25.4. The van der Waals surface area contributed by atoms with Crippen molar-refractivity contribution in [3.63, 3.8) is 0 Å². The molecule has 82 heavy (non-hydrogen) atoms. The largest absolute Gasteiger partial charge is 1.00 e. The normalized spacial score (nSPS) is 11.4. The zero-order valence-electron chi connectivity index (χ0n) is 47.4. The standard InChI is InChI=1S/C28H25ClN4O3S.C26H23ClN2O4S.C2H6N2O.CH2O3.2K.H/c1-18-30-26(36-32-18)25-17-33(27(31-25)28(2,3)23-10-5-6-11-24(23)29)21-14-12-19(13-15-21)20-8-7-9-22(16-20)37(4,34)35;1-26(2,21-9-4-5-10-22(21)27)25-28-23(24(30)31)16-29(25)19-13-11-17(12-14-19)18-7-6-8-20(15-18)34(3,32)33;1-2(3)4-5;2-1-4-3;;;/h5-17H,1-4H3;4-16H,1-3H3,(H,30,31);5H,1H3,(H2,3,4);1,3H;;;/q;;;;2*+1;-1/p-1. The summed E-state index contributed by atoms with van der Waals surface area (Å²) in [5.74, 6) is 1.20. The molecule has 0 saturated carbocycles. The van der Waals surface area contributed by atoms with E-state index < -0.39 is 36.5 Å². The summed E-state index contributed by atoms with van der Waals surface area (Å²) < 4.78 is 57.0. The van der Waals surface area contributed by atoms with Crippen molar-refractivity contribution in [1.82, 2.24) is 29.2 Å². The van der Waals surface area contributed by atoms with Gasteiger partial charge in [0.05, 0.1) is 9.79 Å². The van der Waals surface area contributed by atoms with Gasteiger partial charge in [0.1, 0.15) is 23.2 Å². The molecule has 0 aliphatic carbocycles. The van der Waals surface area contributed by atoms with E-state index in [-0.39, 0.29) is 132 Å². The Morgan fingerprint density at radius 2 is 1.09 bits per heavy atom. The zero-order chi connectivity index (χ0) is 58.7. The summed E-state index contributed by atoms with van der Waals surface area (Å²) >= 11 is 13.1. The van der Waals surface area contributed by atoms with E-state index in [1.165, 1.54) is 25.6 Å². The van der Waals surface area contributed by atoms with Crippen molar-refractivity contribution in [3.05, 3.63) is 202 Å². The van der Waals surface area contributed by atoms with Crippen LogP contribution >= 0.6 is 23.2 Å². The molecule has 3 heterocycles. The van der Waals surface area contributed by atoms with Crippen molar-refractivity contribution in [2.24, 2.45) is 10.9 Å². The molecule has 0 aliphatic rings. The Hall–Kier alpha value is -5.20. The number of carbonyl (C=O) groups is 2. The molecule has 0 atom stereocenters. The van der Waals surface area contributed by atoms with Gasteiger partial charge in [-0.1, -0.05) is 118 Å². The van der Waals surface area contributed by atoms with E-state index in [9.17, 15) is 26.7 Å². The molecule has 0 spiro atoms. The molecule has 0 fully saturated rings. The number of aryl methyl sites for hydroxylation is 1. The predicted molar refractivity (Wildman–Crippen MR) is 304 cm³/mol. The quantitative estimate of drug-likeness (QED) is 0.0277. The summed E-state index contributed by atoms with van der Waals surface area (Å²) in [5.41, 5.74) is 10.7. The Labute approximate surface area is 571 Å². The van der Waals surface area contributed by atoms with Crippen LogP contribution < -0.4 is 114 Å². The minimum absolute atomic E-state index is 0. The van der Waals surface area contributed by atoms with Crippen molar-refractivity contribution >= 4 is 61.2 Å².